The van der Waals surface area contributed by atoms with Gasteiger partial charge in [-0.15, -0.1) is 0 Å². The molecule has 1 aromatic heterocycles. The number of hydrogen-bond donors (Lipinski definition) is 2. The van der Waals surface area contributed by atoms with Crippen LogP contribution in [0.15, 0.2) is 126 Å². The maximum absolute atomic E-state index is 6.14. The quantitative estimate of drug-likeness (QED) is 0.182. The summed E-state index contributed by atoms with van der Waals surface area (Å²) >= 11 is 0. The molecular weight excluding hydrogens is 430 g/mol. The zero-order valence-corrected chi connectivity index (χ0v) is 19.2. The molecule has 0 fully saturated rings. The molecule has 3 N–H and O–H groups in total. The van der Waals surface area contributed by atoms with E-state index in [4.69, 9.17) is 15.7 Å². The number of nitrogens with one attached hydrogen (secondary N) is 1. The molecule has 0 saturated heterocycles. The van der Waals surface area contributed by atoms with Gasteiger partial charge in [0, 0.05) is 22.3 Å². The van der Waals surface area contributed by atoms with Crippen molar-refractivity contribution in [2.75, 3.05) is 0 Å². The summed E-state index contributed by atoms with van der Waals surface area (Å²) in [6.07, 6.45) is 0. The van der Waals surface area contributed by atoms with Crippen molar-refractivity contribution >= 4 is 5.84 Å². The molecular formula is C30H25N5. The molecule has 0 atom stereocenters. The van der Waals surface area contributed by atoms with Crippen molar-refractivity contribution in [3.05, 3.63) is 132 Å². The smallest absolute Gasteiger partial charge is 0.160 e. The number of nitrogens with zero attached hydrogens (tertiary/aromatic N) is 3. The Kier molecular flexibility index (Phi) is 6.58. The predicted molar refractivity (Wildman–Crippen MR) is 142 cm³/mol. The summed E-state index contributed by atoms with van der Waals surface area (Å²) in [5.74, 6) is 1.14. The average Bonchev–Trinajstić information content (AvgIpc) is 2.94. The van der Waals surface area contributed by atoms with E-state index in [0.717, 1.165) is 39.2 Å². The first-order valence-corrected chi connectivity index (χ1v) is 11.5. The third kappa shape index (κ3) is 5.25. The third-order valence-corrected chi connectivity index (χ3v) is 5.66. The zero-order valence-electron chi connectivity index (χ0n) is 19.2. The summed E-state index contributed by atoms with van der Waals surface area (Å²) in [7, 11) is 0. The van der Waals surface area contributed by atoms with Crippen LogP contribution in [-0.2, 0) is 6.54 Å². The van der Waals surface area contributed by atoms with E-state index in [0.29, 0.717) is 18.2 Å². The van der Waals surface area contributed by atoms with E-state index in [2.05, 4.69) is 34.8 Å². The van der Waals surface area contributed by atoms with Crippen molar-refractivity contribution < 1.29 is 0 Å². The van der Waals surface area contributed by atoms with E-state index in [-0.39, 0.29) is 0 Å². The number of hydrogen-bond acceptors (Lipinski definition) is 4. The van der Waals surface area contributed by atoms with Gasteiger partial charge in [0.25, 0.3) is 0 Å². The normalized spacial score (nSPS) is 11.3. The highest BCUT2D eigenvalue weighted by Crippen LogP contribution is 2.29. The summed E-state index contributed by atoms with van der Waals surface area (Å²) in [5, 5.41) is 4.37. The van der Waals surface area contributed by atoms with E-state index in [1.165, 1.54) is 0 Å². The number of rotatable bonds is 7. The lowest BCUT2D eigenvalue weighted by Gasteiger charge is -2.13. The molecule has 5 nitrogen and oxygen atoms in total. The fourth-order valence-electron chi connectivity index (χ4n) is 3.87. The van der Waals surface area contributed by atoms with Crippen LogP contribution in [0.4, 0.5) is 0 Å². The van der Waals surface area contributed by atoms with Gasteiger partial charge in [-0.1, -0.05) is 115 Å². The number of hydrazone groups is 1. The third-order valence-electron chi connectivity index (χ3n) is 5.66. The number of amidine groups is 1. The first-order chi connectivity index (χ1) is 17.3. The monoisotopic (exact) mass is 455 g/mol. The summed E-state index contributed by atoms with van der Waals surface area (Å²) in [6, 6.07) is 40.2. The van der Waals surface area contributed by atoms with Crippen molar-refractivity contribution in [1.82, 2.24) is 15.4 Å². The van der Waals surface area contributed by atoms with Crippen LogP contribution >= 0.6 is 0 Å². The van der Waals surface area contributed by atoms with Gasteiger partial charge in [-0.05, 0) is 11.6 Å². The van der Waals surface area contributed by atoms with Gasteiger partial charge in [0.05, 0.1) is 17.9 Å². The molecule has 4 aromatic carbocycles. The Morgan fingerprint density at radius 1 is 0.657 bits per heavy atom. The van der Waals surface area contributed by atoms with E-state index in [1.54, 1.807) is 0 Å². The average molecular weight is 456 g/mol. The molecule has 35 heavy (non-hydrogen) atoms. The van der Waals surface area contributed by atoms with Crippen LogP contribution in [0.2, 0.25) is 0 Å². The van der Waals surface area contributed by atoms with Gasteiger partial charge in [0.1, 0.15) is 0 Å². The molecule has 0 spiro atoms. The fourth-order valence-corrected chi connectivity index (χ4v) is 3.87. The van der Waals surface area contributed by atoms with E-state index < -0.39 is 0 Å². The molecule has 0 unspecified atom stereocenters. The second-order valence-corrected chi connectivity index (χ2v) is 8.05. The minimum atomic E-state index is 0.447. The van der Waals surface area contributed by atoms with E-state index in [9.17, 15) is 0 Å². The van der Waals surface area contributed by atoms with Crippen LogP contribution in [-0.4, -0.2) is 15.8 Å². The van der Waals surface area contributed by atoms with Gasteiger partial charge in [-0.25, -0.2) is 9.97 Å². The summed E-state index contributed by atoms with van der Waals surface area (Å²) in [5.41, 5.74) is 16.0. The molecule has 5 aromatic rings. The van der Waals surface area contributed by atoms with Gasteiger partial charge >= 0.3 is 0 Å². The highest BCUT2D eigenvalue weighted by atomic mass is 15.3. The standard InChI is InChI=1S/C30H25N5/c31-29(23-14-6-2-7-15-23)35-32-21-25-18-10-11-19-26(25)28-20-27(22-12-4-1-5-13-22)33-30(34-28)24-16-8-3-9-17-24/h1-20,32H,21H2,(H2,31,35). The lowest BCUT2D eigenvalue weighted by Crippen LogP contribution is -2.19. The maximum Gasteiger partial charge on any atom is 0.160 e. The molecule has 5 rings (SSSR count). The Labute approximate surface area is 205 Å². The minimum absolute atomic E-state index is 0.447. The summed E-state index contributed by atoms with van der Waals surface area (Å²) < 4.78 is 0. The van der Waals surface area contributed by atoms with Gasteiger partial charge < -0.3 is 11.2 Å². The van der Waals surface area contributed by atoms with Gasteiger partial charge in [0.2, 0.25) is 0 Å². The molecule has 0 aliphatic heterocycles. The molecule has 170 valence electrons. The Morgan fingerprint density at radius 2 is 1.23 bits per heavy atom. The first kappa shape index (κ1) is 22.0. The topological polar surface area (TPSA) is 76.2 Å². The predicted octanol–water partition coefficient (Wildman–Crippen LogP) is 5.89. The van der Waals surface area contributed by atoms with Crippen LogP contribution < -0.4 is 11.2 Å². The van der Waals surface area contributed by atoms with Gasteiger partial charge in [-0.2, -0.15) is 5.10 Å². The molecule has 5 heteroatoms. The minimum Gasteiger partial charge on any atom is -0.382 e. The van der Waals surface area contributed by atoms with E-state index >= 15 is 0 Å². The molecule has 0 amide bonds. The van der Waals surface area contributed by atoms with Crippen LogP contribution in [0.5, 0.6) is 0 Å². The van der Waals surface area contributed by atoms with Crippen molar-refractivity contribution in [2.45, 2.75) is 6.54 Å². The lowest BCUT2D eigenvalue weighted by molar-refractivity contribution is 0.744. The first-order valence-electron chi connectivity index (χ1n) is 11.5. The zero-order chi connectivity index (χ0) is 23.9. The lowest BCUT2D eigenvalue weighted by atomic mass is 10.0. The second kappa shape index (κ2) is 10.4. The molecule has 0 bridgehead atoms. The van der Waals surface area contributed by atoms with Gasteiger partial charge in [-0.3, -0.25) is 0 Å². The summed E-state index contributed by atoms with van der Waals surface area (Å²) in [6.45, 7) is 0.509. The van der Waals surface area contributed by atoms with Crippen molar-refractivity contribution in [3.63, 3.8) is 0 Å². The van der Waals surface area contributed by atoms with Crippen LogP contribution in [0.25, 0.3) is 33.9 Å². The molecule has 0 aliphatic rings. The van der Waals surface area contributed by atoms with Crippen molar-refractivity contribution in [3.8, 4) is 33.9 Å². The highest BCUT2D eigenvalue weighted by Gasteiger charge is 2.13. The van der Waals surface area contributed by atoms with E-state index in [1.807, 2.05) is 97.1 Å². The Balaban J connectivity index is 1.51. The molecule has 1 heterocycles. The second-order valence-electron chi connectivity index (χ2n) is 8.05. The van der Waals surface area contributed by atoms with Gasteiger partial charge in [0.15, 0.2) is 11.7 Å². The Hall–Kier alpha value is -4.77. The SMILES string of the molecule is N/C(=N\NCc1ccccc1-c1cc(-c2ccccc2)nc(-c2ccccc2)n1)c1ccccc1. The Bertz CT molecular complexity index is 1370. The largest absolute Gasteiger partial charge is 0.382 e. The number of benzene rings is 4. The van der Waals surface area contributed by atoms with Crippen molar-refractivity contribution in [1.29, 1.82) is 0 Å². The van der Waals surface area contributed by atoms with Crippen LogP contribution in [0, 0.1) is 0 Å². The molecule has 0 aliphatic carbocycles. The Morgan fingerprint density at radius 3 is 1.94 bits per heavy atom. The van der Waals surface area contributed by atoms with Crippen molar-refractivity contribution in [2.24, 2.45) is 10.8 Å². The number of nitrogens with two attached hydrogens (primary N) is 1. The maximum atomic E-state index is 6.14. The van der Waals surface area contributed by atoms with Crippen LogP contribution in [0.3, 0.4) is 0 Å². The van der Waals surface area contributed by atoms with Crippen LogP contribution in [0.1, 0.15) is 11.1 Å². The summed E-state index contributed by atoms with van der Waals surface area (Å²) in [4.78, 5) is 9.83. The molecule has 0 saturated carbocycles. The molecule has 0 radical (unpaired) electrons. The fraction of sp³-hybridized carbons (Fsp3) is 0.0333. The number of aromatic nitrogens is 2. The highest BCUT2D eigenvalue weighted by molar-refractivity contribution is 5.97.